The number of nitrogens with two attached hydrogens (primary N) is 1. The SMILES string of the molecule is Cc1cccc(CNC(=O)CN)c1. The lowest BCUT2D eigenvalue weighted by Gasteiger charge is -2.03. The molecule has 1 aromatic carbocycles. The summed E-state index contributed by atoms with van der Waals surface area (Å²) in [5.74, 6) is -0.124. The molecule has 0 spiro atoms. The van der Waals surface area contributed by atoms with Gasteiger partial charge in [-0.05, 0) is 12.5 Å². The Kier molecular flexibility index (Phi) is 3.46. The smallest absolute Gasteiger partial charge is 0.234 e. The summed E-state index contributed by atoms with van der Waals surface area (Å²) in [5, 5.41) is 2.71. The number of carbonyl (C=O) groups excluding carboxylic acids is 1. The van der Waals surface area contributed by atoms with Crippen molar-refractivity contribution in [1.82, 2.24) is 5.32 Å². The summed E-state index contributed by atoms with van der Waals surface area (Å²) >= 11 is 0. The van der Waals surface area contributed by atoms with E-state index in [0.717, 1.165) is 5.56 Å². The predicted molar refractivity (Wildman–Crippen MR) is 52.1 cm³/mol. The van der Waals surface area contributed by atoms with Crippen LogP contribution in [0.5, 0.6) is 0 Å². The zero-order valence-corrected chi connectivity index (χ0v) is 7.71. The van der Waals surface area contributed by atoms with Gasteiger partial charge in [0.1, 0.15) is 0 Å². The minimum atomic E-state index is -0.124. The van der Waals surface area contributed by atoms with Crippen LogP contribution in [0.1, 0.15) is 11.1 Å². The molecule has 0 radical (unpaired) electrons. The molecule has 1 aromatic rings. The third-order valence-electron chi connectivity index (χ3n) is 1.76. The van der Waals surface area contributed by atoms with Crippen molar-refractivity contribution in [2.45, 2.75) is 13.5 Å². The van der Waals surface area contributed by atoms with Crippen LogP contribution in [0.4, 0.5) is 0 Å². The number of amides is 1. The molecule has 3 N–H and O–H groups in total. The van der Waals surface area contributed by atoms with Crippen molar-refractivity contribution in [1.29, 1.82) is 0 Å². The fraction of sp³-hybridized carbons (Fsp3) is 0.300. The summed E-state index contributed by atoms with van der Waals surface area (Å²) in [4.78, 5) is 10.8. The monoisotopic (exact) mass is 178 g/mol. The Bertz CT molecular complexity index is 297. The Morgan fingerprint density at radius 2 is 2.31 bits per heavy atom. The molecule has 3 nitrogen and oxygen atoms in total. The average molecular weight is 178 g/mol. The first-order chi connectivity index (χ1) is 6.22. The number of benzene rings is 1. The van der Waals surface area contributed by atoms with Gasteiger partial charge >= 0.3 is 0 Å². The summed E-state index contributed by atoms with van der Waals surface area (Å²) in [6.07, 6.45) is 0. The second-order valence-electron chi connectivity index (χ2n) is 2.97. The summed E-state index contributed by atoms with van der Waals surface area (Å²) in [6.45, 7) is 2.62. The van der Waals surface area contributed by atoms with Crippen LogP contribution in [0.2, 0.25) is 0 Å². The van der Waals surface area contributed by atoms with Gasteiger partial charge in [-0.15, -0.1) is 0 Å². The number of nitrogens with one attached hydrogen (secondary N) is 1. The van der Waals surface area contributed by atoms with Gasteiger partial charge in [0, 0.05) is 6.54 Å². The molecule has 3 heteroatoms. The van der Waals surface area contributed by atoms with Crippen molar-refractivity contribution in [3.63, 3.8) is 0 Å². The molecule has 0 fully saturated rings. The molecule has 1 amide bonds. The van der Waals surface area contributed by atoms with Gasteiger partial charge in [-0.1, -0.05) is 29.8 Å². The molecule has 0 saturated heterocycles. The summed E-state index contributed by atoms with van der Waals surface area (Å²) in [5.41, 5.74) is 7.45. The second kappa shape index (κ2) is 4.62. The van der Waals surface area contributed by atoms with Gasteiger partial charge < -0.3 is 11.1 Å². The first kappa shape index (κ1) is 9.74. The van der Waals surface area contributed by atoms with Gasteiger partial charge in [-0.2, -0.15) is 0 Å². The Morgan fingerprint density at radius 1 is 1.54 bits per heavy atom. The zero-order chi connectivity index (χ0) is 9.68. The topological polar surface area (TPSA) is 55.1 Å². The van der Waals surface area contributed by atoms with Crippen LogP contribution < -0.4 is 11.1 Å². The lowest BCUT2D eigenvalue weighted by Crippen LogP contribution is -2.29. The summed E-state index contributed by atoms with van der Waals surface area (Å²) < 4.78 is 0. The van der Waals surface area contributed by atoms with E-state index >= 15 is 0 Å². The average Bonchev–Trinajstić information content (AvgIpc) is 2.14. The van der Waals surface area contributed by atoms with E-state index < -0.39 is 0 Å². The normalized spacial score (nSPS) is 9.69. The standard InChI is InChI=1S/C10H14N2O/c1-8-3-2-4-9(5-8)7-12-10(13)6-11/h2-5H,6-7,11H2,1H3,(H,12,13). The Hall–Kier alpha value is -1.35. The minimum Gasteiger partial charge on any atom is -0.351 e. The van der Waals surface area contributed by atoms with Crippen LogP contribution >= 0.6 is 0 Å². The molecular formula is C10H14N2O. The van der Waals surface area contributed by atoms with Crippen LogP contribution in [0.25, 0.3) is 0 Å². The van der Waals surface area contributed by atoms with Crippen molar-refractivity contribution in [2.24, 2.45) is 5.73 Å². The summed E-state index contributed by atoms with van der Waals surface area (Å²) in [7, 11) is 0. The molecule has 0 aliphatic rings. The molecule has 70 valence electrons. The van der Waals surface area contributed by atoms with E-state index in [-0.39, 0.29) is 12.5 Å². The highest BCUT2D eigenvalue weighted by Crippen LogP contribution is 2.02. The number of hydrogen-bond donors (Lipinski definition) is 2. The third kappa shape index (κ3) is 3.25. The molecule has 0 unspecified atom stereocenters. The van der Waals surface area contributed by atoms with E-state index in [1.54, 1.807) is 0 Å². The molecule has 0 heterocycles. The first-order valence-electron chi connectivity index (χ1n) is 4.24. The van der Waals surface area contributed by atoms with Crippen LogP contribution in [0.15, 0.2) is 24.3 Å². The third-order valence-corrected chi connectivity index (χ3v) is 1.76. The number of aryl methyl sites for hydroxylation is 1. The fourth-order valence-electron chi connectivity index (χ4n) is 1.09. The van der Waals surface area contributed by atoms with E-state index in [0.29, 0.717) is 6.54 Å². The van der Waals surface area contributed by atoms with Crippen LogP contribution in [-0.4, -0.2) is 12.5 Å². The van der Waals surface area contributed by atoms with Crippen molar-refractivity contribution >= 4 is 5.91 Å². The number of hydrogen-bond acceptors (Lipinski definition) is 2. The van der Waals surface area contributed by atoms with E-state index in [4.69, 9.17) is 5.73 Å². The largest absolute Gasteiger partial charge is 0.351 e. The maximum atomic E-state index is 10.8. The van der Waals surface area contributed by atoms with Crippen molar-refractivity contribution in [3.8, 4) is 0 Å². The Labute approximate surface area is 77.9 Å². The molecule has 0 atom stereocenters. The fourth-order valence-corrected chi connectivity index (χ4v) is 1.09. The van der Waals surface area contributed by atoms with Crippen LogP contribution in [0.3, 0.4) is 0 Å². The van der Waals surface area contributed by atoms with Gasteiger partial charge in [0.2, 0.25) is 5.91 Å². The molecule has 0 saturated carbocycles. The molecule has 0 aliphatic carbocycles. The number of carbonyl (C=O) groups is 1. The van der Waals surface area contributed by atoms with E-state index in [1.165, 1.54) is 5.56 Å². The van der Waals surface area contributed by atoms with Crippen molar-refractivity contribution in [2.75, 3.05) is 6.54 Å². The maximum absolute atomic E-state index is 10.8. The predicted octanol–water partition coefficient (Wildman–Crippen LogP) is 0.570. The van der Waals surface area contributed by atoms with E-state index in [2.05, 4.69) is 5.32 Å². The van der Waals surface area contributed by atoms with E-state index in [1.807, 2.05) is 31.2 Å². The highest BCUT2D eigenvalue weighted by atomic mass is 16.1. The highest BCUT2D eigenvalue weighted by molar-refractivity contribution is 5.77. The van der Waals surface area contributed by atoms with Crippen molar-refractivity contribution < 1.29 is 4.79 Å². The lowest BCUT2D eigenvalue weighted by molar-refractivity contribution is -0.119. The summed E-state index contributed by atoms with van der Waals surface area (Å²) in [6, 6.07) is 8.01. The molecule has 1 rings (SSSR count). The Balaban J connectivity index is 2.50. The Morgan fingerprint density at radius 3 is 2.92 bits per heavy atom. The molecule has 0 bridgehead atoms. The molecular weight excluding hydrogens is 164 g/mol. The van der Waals surface area contributed by atoms with Crippen LogP contribution in [-0.2, 0) is 11.3 Å². The molecule has 0 aliphatic heterocycles. The second-order valence-corrected chi connectivity index (χ2v) is 2.97. The van der Waals surface area contributed by atoms with Gasteiger partial charge in [-0.25, -0.2) is 0 Å². The van der Waals surface area contributed by atoms with Gasteiger partial charge in [0.15, 0.2) is 0 Å². The zero-order valence-electron chi connectivity index (χ0n) is 7.71. The van der Waals surface area contributed by atoms with E-state index in [9.17, 15) is 4.79 Å². The van der Waals surface area contributed by atoms with Gasteiger partial charge in [0.05, 0.1) is 6.54 Å². The maximum Gasteiger partial charge on any atom is 0.234 e. The van der Waals surface area contributed by atoms with Gasteiger partial charge in [0.25, 0.3) is 0 Å². The minimum absolute atomic E-state index is 0.0474. The molecule has 13 heavy (non-hydrogen) atoms. The van der Waals surface area contributed by atoms with Crippen LogP contribution in [0, 0.1) is 6.92 Å². The molecule has 0 aromatic heterocycles. The highest BCUT2D eigenvalue weighted by Gasteiger charge is 1.96. The quantitative estimate of drug-likeness (QED) is 0.711. The van der Waals surface area contributed by atoms with Gasteiger partial charge in [-0.3, -0.25) is 4.79 Å². The number of rotatable bonds is 3. The lowest BCUT2D eigenvalue weighted by atomic mass is 10.1. The van der Waals surface area contributed by atoms with Crippen molar-refractivity contribution in [3.05, 3.63) is 35.4 Å². The first-order valence-corrected chi connectivity index (χ1v) is 4.24.